The third-order valence-corrected chi connectivity index (χ3v) is 2.95. The molecule has 17 heavy (non-hydrogen) atoms. The molecule has 0 aliphatic rings. The summed E-state index contributed by atoms with van der Waals surface area (Å²) < 4.78 is 0. The summed E-state index contributed by atoms with van der Waals surface area (Å²) in [6.45, 7) is 4.91. The SMILES string of the molecule is CC(C)NC(CN)c1ccc2ccccc2c1. The molecule has 2 heteroatoms. The Kier molecular flexibility index (Phi) is 3.77. The summed E-state index contributed by atoms with van der Waals surface area (Å²) >= 11 is 0. The van der Waals surface area contributed by atoms with E-state index in [1.165, 1.54) is 16.3 Å². The van der Waals surface area contributed by atoms with Crippen molar-refractivity contribution in [2.45, 2.75) is 25.9 Å². The van der Waals surface area contributed by atoms with Crippen LogP contribution in [-0.2, 0) is 0 Å². The second-order valence-corrected chi connectivity index (χ2v) is 4.72. The van der Waals surface area contributed by atoms with Crippen molar-refractivity contribution in [3.8, 4) is 0 Å². The number of rotatable bonds is 4. The van der Waals surface area contributed by atoms with Gasteiger partial charge in [0.15, 0.2) is 0 Å². The molecule has 0 heterocycles. The topological polar surface area (TPSA) is 38.0 Å². The first kappa shape index (κ1) is 12.1. The third-order valence-electron chi connectivity index (χ3n) is 2.95. The van der Waals surface area contributed by atoms with Gasteiger partial charge in [0.25, 0.3) is 0 Å². The highest BCUT2D eigenvalue weighted by Crippen LogP contribution is 2.20. The minimum atomic E-state index is 0.236. The Morgan fingerprint density at radius 2 is 1.76 bits per heavy atom. The van der Waals surface area contributed by atoms with Crippen molar-refractivity contribution < 1.29 is 0 Å². The second kappa shape index (κ2) is 5.30. The van der Waals surface area contributed by atoms with Crippen LogP contribution in [0.5, 0.6) is 0 Å². The van der Waals surface area contributed by atoms with Crippen LogP contribution in [0.1, 0.15) is 25.5 Å². The highest BCUT2D eigenvalue weighted by molar-refractivity contribution is 5.83. The van der Waals surface area contributed by atoms with E-state index in [-0.39, 0.29) is 6.04 Å². The Balaban J connectivity index is 2.34. The van der Waals surface area contributed by atoms with Gasteiger partial charge in [-0.25, -0.2) is 0 Å². The molecular formula is C15H20N2. The van der Waals surface area contributed by atoms with Gasteiger partial charge in [0.2, 0.25) is 0 Å². The minimum absolute atomic E-state index is 0.236. The molecule has 0 aliphatic carbocycles. The number of fused-ring (bicyclic) bond motifs is 1. The average molecular weight is 228 g/mol. The first-order chi connectivity index (χ1) is 8.20. The van der Waals surface area contributed by atoms with E-state index in [2.05, 4.69) is 61.6 Å². The second-order valence-electron chi connectivity index (χ2n) is 4.72. The van der Waals surface area contributed by atoms with E-state index < -0.39 is 0 Å². The lowest BCUT2D eigenvalue weighted by Gasteiger charge is -2.20. The molecule has 2 nitrogen and oxygen atoms in total. The van der Waals surface area contributed by atoms with Crippen molar-refractivity contribution in [2.24, 2.45) is 5.73 Å². The van der Waals surface area contributed by atoms with Gasteiger partial charge in [0, 0.05) is 18.6 Å². The average Bonchev–Trinajstić information content (AvgIpc) is 2.35. The predicted molar refractivity (Wildman–Crippen MR) is 74.0 cm³/mol. The zero-order valence-electron chi connectivity index (χ0n) is 10.5. The Hall–Kier alpha value is -1.38. The molecule has 0 aliphatic heterocycles. The Morgan fingerprint density at radius 1 is 1.06 bits per heavy atom. The third kappa shape index (κ3) is 2.84. The summed E-state index contributed by atoms with van der Waals surface area (Å²) in [5.41, 5.74) is 7.10. The van der Waals surface area contributed by atoms with Crippen LogP contribution in [0, 0.1) is 0 Å². The summed E-state index contributed by atoms with van der Waals surface area (Å²) in [5.74, 6) is 0. The van der Waals surface area contributed by atoms with Crippen molar-refractivity contribution >= 4 is 10.8 Å². The molecule has 0 saturated carbocycles. The van der Waals surface area contributed by atoms with Crippen LogP contribution in [0.25, 0.3) is 10.8 Å². The van der Waals surface area contributed by atoms with E-state index in [4.69, 9.17) is 5.73 Å². The predicted octanol–water partition coefficient (Wildman–Crippen LogP) is 2.84. The van der Waals surface area contributed by atoms with Crippen LogP contribution in [0.2, 0.25) is 0 Å². The zero-order chi connectivity index (χ0) is 12.3. The number of hydrogen-bond acceptors (Lipinski definition) is 2. The quantitative estimate of drug-likeness (QED) is 0.844. The van der Waals surface area contributed by atoms with Gasteiger partial charge in [-0.2, -0.15) is 0 Å². The van der Waals surface area contributed by atoms with E-state index in [1.807, 2.05) is 0 Å². The van der Waals surface area contributed by atoms with E-state index >= 15 is 0 Å². The van der Waals surface area contributed by atoms with E-state index in [0.717, 1.165) is 0 Å². The molecule has 0 saturated heterocycles. The van der Waals surface area contributed by atoms with Crippen molar-refractivity contribution in [3.05, 3.63) is 48.0 Å². The van der Waals surface area contributed by atoms with Gasteiger partial charge < -0.3 is 11.1 Å². The zero-order valence-corrected chi connectivity index (χ0v) is 10.5. The summed E-state index contributed by atoms with van der Waals surface area (Å²) in [7, 11) is 0. The maximum atomic E-state index is 5.83. The van der Waals surface area contributed by atoms with Crippen LogP contribution < -0.4 is 11.1 Å². The molecule has 0 amide bonds. The fourth-order valence-corrected chi connectivity index (χ4v) is 2.13. The van der Waals surface area contributed by atoms with E-state index in [1.54, 1.807) is 0 Å². The smallest absolute Gasteiger partial charge is 0.0446 e. The van der Waals surface area contributed by atoms with Crippen molar-refractivity contribution in [3.63, 3.8) is 0 Å². The number of nitrogens with one attached hydrogen (secondary N) is 1. The number of hydrogen-bond donors (Lipinski definition) is 2. The first-order valence-corrected chi connectivity index (χ1v) is 6.15. The molecule has 2 aromatic rings. The van der Waals surface area contributed by atoms with Crippen LogP contribution in [0.3, 0.4) is 0 Å². The molecule has 90 valence electrons. The lowest BCUT2D eigenvalue weighted by Crippen LogP contribution is -2.33. The van der Waals surface area contributed by atoms with Gasteiger partial charge in [-0.1, -0.05) is 50.2 Å². The molecule has 1 unspecified atom stereocenters. The Labute approximate surface area is 103 Å². The lowest BCUT2D eigenvalue weighted by molar-refractivity contribution is 0.484. The maximum Gasteiger partial charge on any atom is 0.0446 e. The standard InChI is InChI=1S/C15H20N2/c1-11(2)17-15(10-16)14-8-7-12-5-3-4-6-13(12)9-14/h3-9,11,15,17H,10,16H2,1-2H3. The van der Waals surface area contributed by atoms with E-state index in [9.17, 15) is 0 Å². The molecule has 0 bridgehead atoms. The first-order valence-electron chi connectivity index (χ1n) is 6.15. The van der Waals surface area contributed by atoms with Gasteiger partial charge >= 0.3 is 0 Å². The largest absolute Gasteiger partial charge is 0.329 e. The van der Waals surface area contributed by atoms with Crippen LogP contribution in [0.15, 0.2) is 42.5 Å². The normalized spacial score (nSPS) is 13.2. The summed E-state index contributed by atoms with van der Waals surface area (Å²) in [5, 5.41) is 6.03. The summed E-state index contributed by atoms with van der Waals surface area (Å²) in [6.07, 6.45) is 0. The van der Waals surface area contributed by atoms with Gasteiger partial charge in [-0.05, 0) is 22.4 Å². The van der Waals surface area contributed by atoms with Gasteiger partial charge in [-0.3, -0.25) is 0 Å². The van der Waals surface area contributed by atoms with Crippen molar-refractivity contribution in [1.29, 1.82) is 0 Å². The molecule has 2 aromatic carbocycles. The van der Waals surface area contributed by atoms with Crippen LogP contribution >= 0.6 is 0 Å². The number of nitrogens with two attached hydrogens (primary N) is 1. The molecule has 0 fully saturated rings. The maximum absolute atomic E-state index is 5.83. The molecule has 2 rings (SSSR count). The molecule has 3 N–H and O–H groups in total. The summed E-state index contributed by atoms with van der Waals surface area (Å²) in [4.78, 5) is 0. The Bertz CT molecular complexity index is 491. The van der Waals surface area contributed by atoms with Gasteiger partial charge in [0.1, 0.15) is 0 Å². The highest BCUT2D eigenvalue weighted by atomic mass is 15.0. The molecule has 1 atom stereocenters. The minimum Gasteiger partial charge on any atom is -0.329 e. The highest BCUT2D eigenvalue weighted by Gasteiger charge is 2.10. The molecular weight excluding hydrogens is 208 g/mol. The molecule has 0 aromatic heterocycles. The van der Waals surface area contributed by atoms with E-state index in [0.29, 0.717) is 12.6 Å². The van der Waals surface area contributed by atoms with Gasteiger partial charge in [-0.15, -0.1) is 0 Å². The molecule has 0 spiro atoms. The fraction of sp³-hybridized carbons (Fsp3) is 0.333. The summed E-state index contributed by atoms with van der Waals surface area (Å²) in [6, 6.07) is 15.6. The van der Waals surface area contributed by atoms with Crippen molar-refractivity contribution in [1.82, 2.24) is 5.32 Å². The lowest BCUT2D eigenvalue weighted by atomic mass is 10.0. The van der Waals surface area contributed by atoms with Crippen molar-refractivity contribution in [2.75, 3.05) is 6.54 Å². The molecule has 0 radical (unpaired) electrons. The van der Waals surface area contributed by atoms with Gasteiger partial charge in [0.05, 0.1) is 0 Å². The monoisotopic (exact) mass is 228 g/mol. The van der Waals surface area contributed by atoms with Crippen LogP contribution in [-0.4, -0.2) is 12.6 Å². The van der Waals surface area contributed by atoms with Crippen LogP contribution in [0.4, 0.5) is 0 Å². The number of benzene rings is 2. The Morgan fingerprint density at radius 3 is 2.41 bits per heavy atom. The fourth-order valence-electron chi connectivity index (χ4n) is 2.13.